The number of carbonyl (C=O) groups is 1. The number of nitrogens with one attached hydrogen (secondary N) is 1. The van der Waals surface area contributed by atoms with Crippen molar-refractivity contribution >= 4 is 28.4 Å². The largest absolute Gasteiger partial charge is 0.368 e. The number of carbonyl (C=O) groups excluding carboxylic acids is 1. The molecule has 1 aliphatic heterocycles. The van der Waals surface area contributed by atoms with Crippen molar-refractivity contribution in [3.8, 4) is 6.07 Å². The van der Waals surface area contributed by atoms with Gasteiger partial charge in [0, 0.05) is 38.4 Å². The Bertz CT molecular complexity index is 1100. The van der Waals surface area contributed by atoms with E-state index in [0.29, 0.717) is 23.6 Å². The summed E-state index contributed by atoms with van der Waals surface area (Å²) < 4.78 is 0. The molecule has 0 unspecified atom stereocenters. The van der Waals surface area contributed by atoms with E-state index in [2.05, 4.69) is 40.2 Å². The van der Waals surface area contributed by atoms with Crippen LogP contribution in [0.25, 0.3) is 11.0 Å². The van der Waals surface area contributed by atoms with Crippen molar-refractivity contribution in [3.05, 3.63) is 60.3 Å². The number of fused-ring (bicyclic) bond motifs is 1. The first-order chi connectivity index (χ1) is 15.7. The van der Waals surface area contributed by atoms with Gasteiger partial charge in [-0.05, 0) is 30.7 Å². The smallest absolute Gasteiger partial charge is 0.243 e. The van der Waals surface area contributed by atoms with Crippen LogP contribution in [0.1, 0.15) is 31.4 Å². The molecule has 7 heteroatoms. The van der Waals surface area contributed by atoms with Crippen LogP contribution in [0.4, 0.5) is 11.5 Å². The molecule has 32 heavy (non-hydrogen) atoms. The number of aromatic nitrogens is 2. The van der Waals surface area contributed by atoms with Crippen LogP contribution < -0.4 is 15.1 Å². The zero-order valence-electron chi connectivity index (χ0n) is 18.4. The summed E-state index contributed by atoms with van der Waals surface area (Å²) in [6.07, 6.45) is 1.85. The quantitative estimate of drug-likeness (QED) is 0.580. The van der Waals surface area contributed by atoms with Crippen molar-refractivity contribution in [3.63, 3.8) is 0 Å². The fraction of sp³-hybridized carbons (Fsp3) is 0.360. The molecule has 1 atom stereocenters. The SMILES string of the molecule is CCCCNC(=O)[C@H](C#N)c1nc2ccccc2nc1N1CCN(c2ccccc2)CC1. The number of rotatable bonds is 7. The second-order valence-electron chi connectivity index (χ2n) is 7.94. The molecule has 1 fully saturated rings. The molecule has 0 bridgehead atoms. The number of amides is 1. The Balaban J connectivity index is 1.63. The van der Waals surface area contributed by atoms with Gasteiger partial charge in [0.2, 0.25) is 5.91 Å². The Morgan fingerprint density at radius 3 is 2.28 bits per heavy atom. The van der Waals surface area contributed by atoms with E-state index >= 15 is 0 Å². The molecule has 1 aliphatic rings. The van der Waals surface area contributed by atoms with Crippen LogP contribution in [0.15, 0.2) is 54.6 Å². The molecule has 1 aromatic heterocycles. The van der Waals surface area contributed by atoms with Crippen LogP contribution in [0.5, 0.6) is 0 Å². The molecular formula is C25H28N6O. The Morgan fingerprint density at radius 1 is 1.00 bits per heavy atom. The highest BCUT2D eigenvalue weighted by molar-refractivity contribution is 5.88. The molecule has 7 nitrogen and oxygen atoms in total. The summed E-state index contributed by atoms with van der Waals surface area (Å²) in [5.41, 5.74) is 3.09. The van der Waals surface area contributed by atoms with Crippen LogP contribution in [0.3, 0.4) is 0 Å². The molecular weight excluding hydrogens is 400 g/mol. The first kappa shape index (κ1) is 21.6. The highest BCUT2D eigenvalue weighted by atomic mass is 16.1. The van der Waals surface area contributed by atoms with E-state index in [1.165, 1.54) is 5.69 Å². The molecule has 2 aromatic carbocycles. The van der Waals surface area contributed by atoms with E-state index in [1.807, 2.05) is 42.5 Å². The second-order valence-corrected chi connectivity index (χ2v) is 7.94. The number of piperazine rings is 1. The predicted molar refractivity (Wildman–Crippen MR) is 127 cm³/mol. The summed E-state index contributed by atoms with van der Waals surface area (Å²) in [4.78, 5) is 26.9. The predicted octanol–water partition coefficient (Wildman–Crippen LogP) is 3.48. The summed E-state index contributed by atoms with van der Waals surface area (Å²) in [6, 6.07) is 20.1. The molecule has 2 heterocycles. The van der Waals surface area contributed by atoms with Gasteiger partial charge in [0.1, 0.15) is 5.69 Å². The lowest BCUT2D eigenvalue weighted by Gasteiger charge is -2.37. The van der Waals surface area contributed by atoms with Crippen molar-refractivity contribution in [2.45, 2.75) is 25.7 Å². The van der Waals surface area contributed by atoms with Gasteiger partial charge in [0.15, 0.2) is 11.7 Å². The third-order valence-corrected chi connectivity index (χ3v) is 5.77. The van der Waals surface area contributed by atoms with Gasteiger partial charge in [-0.1, -0.05) is 43.7 Å². The monoisotopic (exact) mass is 428 g/mol. The number of hydrogen-bond acceptors (Lipinski definition) is 6. The van der Waals surface area contributed by atoms with Gasteiger partial charge in [0.05, 0.1) is 17.1 Å². The minimum atomic E-state index is -0.994. The summed E-state index contributed by atoms with van der Waals surface area (Å²) in [6.45, 7) is 5.76. The van der Waals surface area contributed by atoms with E-state index in [9.17, 15) is 10.1 Å². The number of hydrogen-bond donors (Lipinski definition) is 1. The van der Waals surface area contributed by atoms with E-state index in [0.717, 1.165) is 44.5 Å². The van der Waals surface area contributed by atoms with Gasteiger partial charge < -0.3 is 15.1 Å². The zero-order valence-corrected chi connectivity index (χ0v) is 18.4. The van der Waals surface area contributed by atoms with Crippen LogP contribution in [-0.2, 0) is 4.79 Å². The first-order valence-corrected chi connectivity index (χ1v) is 11.2. The number of para-hydroxylation sites is 3. The Labute approximate surface area is 188 Å². The molecule has 0 radical (unpaired) electrons. The Kier molecular flexibility index (Phi) is 6.81. The van der Waals surface area contributed by atoms with Gasteiger partial charge in [0.25, 0.3) is 0 Å². The summed E-state index contributed by atoms with van der Waals surface area (Å²) in [5, 5.41) is 12.8. The van der Waals surface area contributed by atoms with Gasteiger partial charge in [-0.15, -0.1) is 0 Å². The van der Waals surface area contributed by atoms with E-state index in [-0.39, 0.29) is 5.91 Å². The van der Waals surface area contributed by atoms with Crippen LogP contribution >= 0.6 is 0 Å². The molecule has 4 rings (SSSR count). The van der Waals surface area contributed by atoms with Crippen molar-refractivity contribution in [1.29, 1.82) is 5.26 Å². The fourth-order valence-electron chi connectivity index (χ4n) is 3.98. The maximum absolute atomic E-state index is 12.8. The van der Waals surface area contributed by atoms with E-state index in [1.54, 1.807) is 0 Å². The number of benzene rings is 2. The number of anilines is 2. The maximum atomic E-state index is 12.8. The molecule has 1 N–H and O–H groups in total. The average Bonchev–Trinajstić information content (AvgIpc) is 2.85. The molecule has 1 saturated heterocycles. The molecule has 3 aromatic rings. The van der Waals surface area contributed by atoms with Crippen molar-refractivity contribution < 1.29 is 4.79 Å². The van der Waals surface area contributed by atoms with Crippen molar-refractivity contribution in [1.82, 2.24) is 15.3 Å². The van der Waals surface area contributed by atoms with Gasteiger partial charge in [-0.25, -0.2) is 9.97 Å². The first-order valence-electron chi connectivity index (χ1n) is 11.2. The highest BCUT2D eigenvalue weighted by Gasteiger charge is 2.30. The summed E-state index contributed by atoms with van der Waals surface area (Å²) >= 11 is 0. The standard InChI is InChI=1S/C25H28N6O/c1-2-3-13-27-25(32)20(18-26)23-24(29-22-12-8-7-11-21(22)28-23)31-16-14-30(15-17-31)19-9-5-4-6-10-19/h4-12,20H,2-3,13-17H2,1H3,(H,27,32)/t20-/m1/s1. The van der Waals surface area contributed by atoms with E-state index in [4.69, 9.17) is 9.97 Å². The zero-order chi connectivity index (χ0) is 22.3. The van der Waals surface area contributed by atoms with E-state index < -0.39 is 5.92 Å². The maximum Gasteiger partial charge on any atom is 0.243 e. The van der Waals surface area contributed by atoms with Crippen LogP contribution in [0.2, 0.25) is 0 Å². The molecule has 0 aliphatic carbocycles. The summed E-state index contributed by atoms with van der Waals surface area (Å²) in [7, 11) is 0. The molecule has 0 saturated carbocycles. The Hall–Kier alpha value is -3.66. The average molecular weight is 429 g/mol. The minimum Gasteiger partial charge on any atom is -0.368 e. The van der Waals surface area contributed by atoms with Crippen LogP contribution in [-0.4, -0.2) is 48.6 Å². The molecule has 1 amide bonds. The normalized spacial score (nSPS) is 14.8. The number of nitriles is 1. The minimum absolute atomic E-state index is 0.310. The molecule has 164 valence electrons. The third-order valence-electron chi connectivity index (χ3n) is 5.77. The lowest BCUT2D eigenvalue weighted by molar-refractivity contribution is -0.121. The lowest BCUT2D eigenvalue weighted by Crippen LogP contribution is -2.47. The summed E-state index contributed by atoms with van der Waals surface area (Å²) in [5.74, 6) is -0.672. The van der Waals surface area contributed by atoms with Crippen molar-refractivity contribution in [2.24, 2.45) is 0 Å². The molecule has 0 spiro atoms. The van der Waals surface area contributed by atoms with Crippen LogP contribution in [0, 0.1) is 11.3 Å². The van der Waals surface area contributed by atoms with Gasteiger partial charge in [-0.2, -0.15) is 5.26 Å². The van der Waals surface area contributed by atoms with Gasteiger partial charge >= 0.3 is 0 Å². The number of nitrogens with zero attached hydrogens (tertiary/aromatic N) is 5. The third kappa shape index (κ3) is 4.65. The topological polar surface area (TPSA) is 85.1 Å². The highest BCUT2D eigenvalue weighted by Crippen LogP contribution is 2.29. The second kappa shape index (κ2) is 10.1. The van der Waals surface area contributed by atoms with Crippen molar-refractivity contribution in [2.75, 3.05) is 42.5 Å². The number of unbranched alkanes of at least 4 members (excludes halogenated alkanes) is 1. The lowest BCUT2D eigenvalue weighted by atomic mass is 10.0. The van der Waals surface area contributed by atoms with Gasteiger partial charge in [-0.3, -0.25) is 4.79 Å². The fourth-order valence-corrected chi connectivity index (χ4v) is 3.98. The Morgan fingerprint density at radius 2 is 1.62 bits per heavy atom.